The number of carbonyl (C=O) groups excluding carboxylic acids is 1. The maximum Gasteiger partial charge on any atom is 0.331 e. The Hall–Kier alpha value is -1.49. The van der Waals surface area contributed by atoms with Gasteiger partial charge in [0.1, 0.15) is 5.60 Å². The van der Waals surface area contributed by atoms with E-state index in [-0.39, 0.29) is 5.82 Å². The molecule has 0 aliphatic rings. The Morgan fingerprint density at radius 1 is 1.40 bits per heavy atom. The predicted molar refractivity (Wildman–Crippen MR) is 54.8 cm³/mol. The molecule has 0 amide bonds. The number of rotatable bonds is 2. The zero-order valence-corrected chi connectivity index (χ0v) is 9.10. The highest BCUT2D eigenvalue weighted by Gasteiger charge is 2.24. The fourth-order valence-corrected chi connectivity index (χ4v) is 0.942. The molecule has 15 heavy (non-hydrogen) atoms. The minimum absolute atomic E-state index is 0.270. The van der Waals surface area contributed by atoms with Crippen molar-refractivity contribution in [2.45, 2.75) is 32.4 Å². The molecule has 1 rings (SSSR count). The first kappa shape index (κ1) is 11.6. The third kappa shape index (κ3) is 3.63. The molecular weight excluding hydrogens is 194 g/mol. The quantitative estimate of drug-likeness (QED) is 0.729. The van der Waals surface area contributed by atoms with Crippen molar-refractivity contribution in [3.05, 3.63) is 24.3 Å². The molecule has 1 heterocycles. The van der Waals surface area contributed by atoms with Crippen molar-refractivity contribution in [1.82, 2.24) is 9.97 Å². The van der Waals surface area contributed by atoms with Crippen LogP contribution >= 0.6 is 0 Å². The number of esters is 1. The summed E-state index contributed by atoms with van der Waals surface area (Å²) < 4.78 is 5.11. The van der Waals surface area contributed by atoms with Crippen molar-refractivity contribution in [3.8, 4) is 0 Å². The first-order chi connectivity index (χ1) is 6.90. The van der Waals surface area contributed by atoms with Crippen LogP contribution in [0.5, 0.6) is 0 Å². The number of aromatic nitrogens is 2. The Kier molecular flexibility index (Phi) is 3.36. The van der Waals surface area contributed by atoms with E-state index >= 15 is 0 Å². The largest absolute Gasteiger partial charge is 0.458 e. The standard InChI is InChI=1S/C10H15N3O2/c1-10(2,3)15-9(14)7(11)8-12-5-4-6-13-8/h4-7H,11H2,1-3H3. The molecule has 0 aromatic carbocycles. The summed E-state index contributed by atoms with van der Waals surface area (Å²) in [4.78, 5) is 19.3. The second kappa shape index (κ2) is 4.35. The minimum atomic E-state index is -0.926. The number of hydrogen-bond donors (Lipinski definition) is 1. The van der Waals surface area contributed by atoms with Crippen LogP contribution in [-0.4, -0.2) is 21.5 Å². The van der Waals surface area contributed by atoms with Crippen LogP contribution in [0.2, 0.25) is 0 Å². The van der Waals surface area contributed by atoms with E-state index in [0.29, 0.717) is 0 Å². The van der Waals surface area contributed by atoms with Crippen LogP contribution in [0.25, 0.3) is 0 Å². The Labute approximate surface area is 88.7 Å². The lowest BCUT2D eigenvalue weighted by molar-refractivity contribution is -0.156. The summed E-state index contributed by atoms with van der Waals surface area (Å²) >= 11 is 0. The van der Waals surface area contributed by atoms with Gasteiger partial charge in [0.15, 0.2) is 11.9 Å². The lowest BCUT2D eigenvalue weighted by atomic mass is 10.2. The molecule has 1 atom stereocenters. The molecule has 0 saturated carbocycles. The number of nitrogens with two attached hydrogens (primary N) is 1. The Balaban J connectivity index is 2.70. The first-order valence-electron chi connectivity index (χ1n) is 4.65. The molecule has 0 aliphatic heterocycles. The molecule has 5 nitrogen and oxygen atoms in total. The molecule has 1 aromatic heterocycles. The SMILES string of the molecule is CC(C)(C)OC(=O)C(N)c1ncccn1. The summed E-state index contributed by atoms with van der Waals surface area (Å²) in [6, 6.07) is 0.733. The summed E-state index contributed by atoms with van der Waals surface area (Å²) in [5, 5.41) is 0. The van der Waals surface area contributed by atoms with Gasteiger partial charge >= 0.3 is 5.97 Å². The fraction of sp³-hybridized carbons (Fsp3) is 0.500. The van der Waals surface area contributed by atoms with Crippen molar-refractivity contribution >= 4 is 5.97 Å². The Morgan fingerprint density at radius 3 is 2.40 bits per heavy atom. The molecule has 0 aliphatic carbocycles. The van der Waals surface area contributed by atoms with Crippen molar-refractivity contribution in [2.75, 3.05) is 0 Å². The van der Waals surface area contributed by atoms with Crippen LogP contribution in [-0.2, 0) is 9.53 Å². The number of nitrogens with zero attached hydrogens (tertiary/aromatic N) is 2. The van der Waals surface area contributed by atoms with Crippen molar-refractivity contribution in [2.24, 2.45) is 5.73 Å². The van der Waals surface area contributed by atoms with E-state index in [1.807, 2.05) is 0 Å². The van der Waals surface area contributed by atoms with Gasteiger partial charge in [0.2, 0.25) is 0 Å². The van der Waals surface area contributed by atoms with E-state index in [2.05, 4.69) is 9.97 Å². The average Bonchev–Trinajstić information content (AvgIpc) is 2.15. The highest BCUT2D eigenvalue weighted by molar-refractivity contribution is 5.76. The fourth-order valence-electron chi connectivity index (χ4n) is 0.942. The molecule has 82 valence electrons. The summed E-state index contributed by atoms with van der Waals surface area (Å²) in [6.07, 6.45) is 3.07. The summed E-state index contributed by atoms with van der Waals surface area (Å²) in [5.74, 6) is -0.250. The van der Waals surface area contributed by atoms with Gasteiger partial charge in [-0.1, -0.05) is 0 Å². The molecule has 0 bridgehead atoms. The van der Waals surface area contributed by atoms with E-state index in [1.54, 1.807) is 26.8 Å². The van der Waals surface area contributed by atoms with Crippen LogP contribution in [0.15, 0.2) is 18.5 Å². The van der Waals surface area contributed by atoms with Gasteiger partial charge in [-0.3, -0.25) is 0 Å². The Bertz CT molecular complexity index is 332. The molecule has 2 N–H and O–H groups in total. The lowest BCUT2D eigenvalue weighted by Crippen LogP contribution is -2.32. The topological polar surface area (TPSA) is 78.1 Å². The summed E-state index contributed by atoms with van der Waals surface area (Å²) in [5.41, 5.74) is 5.09. The van der Waals surface area contributed by atoms with Gasteiger partial charge < -0.3 is 10.5 Å². The van der Waals surface area contributed by atoms with E-state index in [0.717, 1.165) is 0 Å². The summed E-state index contributed by atoms with van der Waals surface area (Å²) in [7, 11) is 0. The van der Waals surface area contributed by atoms with Crippen LogP contribution in [0.3, 0.4) is 0 Å². The third-order valence-corrected chi connectivity index (χ3v) is 1.52. The maximum absolute atomic E-state index is 11.5. The van der Waals surface area contributed by atoms with Crippen LogP contribution < -0.4 is 5.73 Å². The smallest absolute Gasteiger partial charge is 0.331 e. The van der Waals surface area contributed by atoms with Gasteiger partial charge in [-0.2, -0.15) is 0 Å². The predicted octanol–water partition coefficient (Wildman–Crippen LogP) is 0.818. The summed E-state index contributed by atoms with van der Waals surface area (Å²) in [6.45, 7) is 5.34. The number of ether oxygens (including phenoxy) is 1. The molecule has 0 radical (unpaired) electrons. The van der Waals surface area contributed by atoms with Crippen molar-refractivity contribution in [1.29, 1.82) is 0 Å². The highest BCUT2D eigenvalue weighted by atomic mass is 16.6. The van der Waals surface area contributed by atoms with Crippen LogP contribution in [0.1, 0.15) is 32.6 Å². The van der Waals surface area contributed by atoms with Crippen molar-refractivity contribution in [3.63, 3.8) is 0 Å². The van der Waals surface area contributed by atoms with E-state index < -0.39 is 17.6 Å². The molecule has 1 aromatic rings. The zero-order valence-electron chi connectivity index (χ0n) is 9.10. The molecule has 0 fully saturated rings. The maximum atomic E-state index is 11.5. The van der Waals surface area contributed by atoms with E-state index in [4.69, 9.17) is 10.5 Å². The van der Waals surface area contributed by atoms with Gasteiger partial charge in [0, 0.05) is 12.4 Å². The van der Waals surface area contributed by atoms with Gasteiger partial charge in [-0.05, 0) is 26.8 Å². The molecule has 0 spiro atoms. The third-order valence-electron chi connectivity index (χ3n) is 1.52. The van der Waals surface area contributed by atoms with Gasteiger partial charge in [-0.25, -0.2) is 14.8 Å². The minimum Gasteiger partial charge on any atom is -0.458 e. The second-order valence-corrected chi connectivity index (χ2v) is 4.12. The molecular formula is C10H15N3O2. The van der Waals surface area contributed by atoms with E-state index in [1.165, 1.54) is 12.4 Å². The number of carbonyl (C=O) groups is 1. The van der Waals surface area contributed by atoms with Gasteiger partial charge in [0.25, 0.3) is 0 Å². The molecule has 0 saturated heterocycles. The average molecular weight is 209 g/mol. The monoisotopic (exact) mass is 209 g/mol. The second-order valence-electron chi connectivity index (χ2n) is 4.12. The van der Waals surface area contributed by atoms with Crippen LogP contribution in [0.4, 0.5) is 0 Å². The number of hydrogen-bond acceptors (Lipinski definition) is 5. The molecule has 5 heteroatoms. The van der Waals surface area contributed by atoms with Gasteiger partial charge in [-0.15, -0.1) is 0 Å². The van der Waals surface area contributed by atoms with Gasteiger partial charge in [0.05, 0.1) is 0 Å². The molecule has 1 unspecified atom stereocenters. The van der Waals surface area contributed by atoms with Crippen molar-refractivity contribution < 1.29 is 9.53 Å². The zero-order chi connectivity index (χ0) is 11.5. The van der Waals surface area contributed by atoms with E-state index in [9.17, 15) is 4.79 Å². The lowest BCUT2D eigenvalue weighted by Gasteiger charge is -2.21. The van der Waals surface area contributed by atoms with Crippen LogP contribution in [0, 0.1) is 0 Å². The first-order valence-corrected chi connectivity index (χ1v) is 4.65. The Morgan fingerprint density at radius 2 is 1.93 bits per heavy atom. The normalized spacial score (nSPS) is 13.3. The highest BCUT2D eigenvalue weighted by Crippen LogP contribution is 2.13.